The van der Waals surface area contributed by atoms with E-state index in [1.165, 1.54) is 0 Å². The third-order valence-corrected chi connectivity index (χ3v) is 2.73. The molecule has 1 aromatic carbocycles. The highest BCUT2D eigenvalue weighted by Gasteiger charge is 2.10. The molecule has 0 unspecified atom stereocenters. The molecule has 1 fully saturated rings. The Morgan fingerprint density at radius 3 is 2.71 bits per heavy atom. The van der Waals surface area contributed by atoms with Gasteiger partial charge in [-0.1, -0.05) is 12.1 Å². The molecule has 2 heterocycles. The first-order valence-electron chi connectivity index (χ1n) is 5.73. The maximum atomic E-state index is 5.29. The van der Waals surface area contributed by atoms with Crippen molar-refractivity contribution in [2.24, 2.45) is 0 Å². The van der Waals surface area contributed by atoms with E-state index in [9.17, 15) is 0 Å². The molecular formula is C12H14N4O. The zero-order valence-corrected chi connectivity index (χ0v) is 9.47. The summed E-state index contributed by atoms with van der Waals surface area (Å²) in [5.41, 5.74) is 5.08. The molecule has 1 aliphatic heterocycles. The van der Waals surface area contributed by atoms with Crippen LogP contribution in [0.3, 0.4) is 0 Å². The molecule has 3 rings (SSSR count). The normalized spacial score (nSPS) is 17.2. The summed E-state index contributed by atoms with van der Waals surface area (Å²) in [5, 5.41) is 2.10. The Labute approximate surface area is 99.4 Å². The Morgan fingerprint density at radius 1 is 1.12 bits per heavy atom. The highest BCUT2D eigenvalue weighted by Crippen LogP contribution is 2.12. The van der Waals surface area contributed by atoms with Gasteiger partial charge in [0.1, 0.15) is 0 Å². The highest BCUT2D eigenvalue weighted by atomic mass is 16.5. The average molecular weight is 230 g/mol. The third-order valence-electron chi connectivity index (χ3n) is 2.73. The van der Waals surface area contributed by atoms with E-state index in [-0.39, 0.29) is 0 Å². The Morgan fingerprint density at radius 2 is 1.88 bits per heavy atom. The molecule has 5 nitrogen and oxygen atoms in total. The van der Waals surface area contributed by atoms with E-state index in [1.54, 1.807) is 6.20 Å². The van der Waals surface area contributed by atoms with Crippen LogP contribution in [0.25, 0.3) is 11.0 Å². The van der Waals surface area contributed by atoms with Crippen LogP contribution < -0.4 is 5.43 Å². The standard InChI is InChI=1S/C12H14N4O/c1-2-4-11-10(3-1)13-9-12(14-11)15-16-5-7-17-8-6-16/h1-4,9H,5-8H2,(H,14,15). The maximum absolute atomic E-state index is 5.29. The lowest BCUT2D eigenvalue weighted by atomic mass is 10.3. The van der Waals surface area contributed by atoms with Crippen LogP contribution >= 0.6 is 0 Å². The lowest BCUT2D eigenvalue weighted by Crippen LogP contribution is -2.40. The minimum atomic E-state index is 0.758. The Kier molecular flexibility index (Phi) is 2.85. The molecule has 2 aromatic rings. The Balaban J connectivity index is 1.80. The zero-order valence-electron chi connectivity index (χ0n) is 9.47. The van der Waals surface area contributed by atoms with E-state index in [2.05, 4.69) is 20.4 Å². The molecule has 88 valence electrons. The number of benzene rings is 1. The van der Waals surface area contributed by atoms with Crippen molar-refractivity contribution in [2.75, 3.05) is 31.7 Å². The second-order valence-electron chi connectivity index (χ2n) is 3.96. The first-order chi connectivity index (χ1) is 8.42. The second-order valence-corrected chi connectivity index (χ2v) is 3.96. The lowest BCUT2D eigenvalue weighted by Gasteiger charge is -2.27. The zero-order chi connectivity index (χ0) is 11.5. The highest BCUT2D eigenvalue weighted by molar-refractivity contribution is 5.75. The van der Waals surface area contributed by atoms with Crippen molar-refractivity contribution >= 4 is 16.9 Å². The summed E-state index contributed by atoms with van der Waals surface area (Å²) >= 11 is 0. The van der Waals surface area contributed by atoms with Crippen molar-refractivity contribution in [2.45, 2.75) is 0 Å². The fraction of sp³-hybridized carbons (Fsp3) is 0.333. The van der Waals surface area contributed by atoms with E-state index >= 15 is 0 Å². The number of para-hydroxylation sites is 2. The van der Waals surface area contributed by atoms with Gasteiger partial charge in [0.2, 0.25) is 0 Å². The van der Waals surface area contributed by atoms with Crippen molar-refractivity contribution in [3.8, 4) is 0 Å². The molecule has 1 aromatic heterocycles. The first kappa shape index (κ1) is 10.4. The quantitative estimate of drug-likeness (QED) is 0.842. The van der Waals surface area contributed by atoms with E-state index < -0.39 is 0 Å². The van der Waals surface area contributed by atoms with E-state index in [4.69, 9.17) is 4.74 Å². The Bertz CT molecular complexity index is 511. The van der Waals surface area contributed by atoms with Gasteiger partial charge in [0.25, 0.3) is 0 Å². The number of hydrazine groups is 1. The fourth-order valence-electron chi connectivity index (χ4n) is 1.85. The van der Waals surface area contributed by atoms with Crippen LogP contribution in [-0.2, 0) is 4.74 Å². The summed E-state index contributed by atoms with van der Waals surface area (Å²) in [5.74, 6) is 0.783. The Hall–Kier alpha value is -1.72. The van der Waals surface area contributed by atoms with Crippen LogP contribution in [0.2, 0.25) is 0 Å². The lowest BCUT2D eigenvalue weighted by molar-refractivity contribution is 0.0495. The summed E-state index contributed by atoms with van der Waals surface area (Å²) in [6, 6.07) is 7.86. The van der Waals surface area contributed by atoms with Gasteiger partial charge in [-0.2, -0.15) is 0 Å². The van der Waals surface area contributed by atoms with Gasteiger partial charge in [0.15, 0.2) is 5.82 Å². The van der Waals surface area contributed by atoms with Crippen LogP contribution in [0.5, 0.6) is 0 Å². The molecule has 1 N–H and O–H groups in total. The summed E-state index contributed by atoms with van der Waals surface area (Å²) < 4.78 is 5.29. The number of ether oxygens (including phenoxy) is 1. The average Bonchev–Trinajstić information content (AvgIpc) is 2.40. The summed E-state index contributed by atoms with van der Waals surface area (Å²) in [6.07, 6.45) is 1.76. The van der Waals surface area contributed by atoms with Crippen LogP contribution in [-0.4, -0.2) is 41.3 Å². The number of hydrogen-bond acceptors (Lipinski definition) is 5. The van der Waals surface area contributed by atoms with Gasteiger partial charge in [0.05, 0.1) is 30.4 Å². The molecule has 0 radical (unpaired) electrons. The number of rotatable bonds is 2. The smallest absolute Gasteiger partial charge is 0.159 e. The predicted octanol–water partition coefficient (Wildman–Crippen LogP) is 1.29. The van der Waals surface area contributed by atoms with E-state index in [0.29, 0.717) is 0 Å². The van der Waals surface area contributed by atoms with E-state index in [1.807, 2.05) is 24.3 Å². The molecule has 0 saturated carbocycles. The van der Waals surface area contributed by atoms with E-state index in [0.717, 1.165) is 43.2 Å². The number of nitrogens with zero attached hydrogens (tertiary/aromatic N) is 3. The van der Waals surface area contributed by atoms with Crippen LogP contribution in [0.1, 0.15) is 0 Å². The van der Waals surface area contributed by atoms with Crippen molar-refractivity contribution in [1.29, 1.82) is 0 Å². The number of nitrogens with one attached hydrogen (secondary N) is 1. The molecular weight excluding hydrogens is 216 g/mol. The van der Waals surface area contributed by atoms with Crippen LogP contribution in [0.4, 0.5) is 5.82 Å². The van der Waals surface area contributed by atoms with Crippen molar-refractivity contribution in [3.05, 3.63) is 30.5 Å². The number of anilines is 1. The molecule has 0 bridgehead atoms. The molecule has 0 amide bonds. The number of fused-ring (bicyclic) bond motifs is 1. The second kappa shape index (κ2) is 4.65. The minimum Gasteiger partial charge on any atom is -0.379 e. The molecule has 1 saturated heterocycles. The number of morpholine rings is 1. The van der Waals surface area contributed by atoms with Gasteiger partial charge < -0.3 is 10.2 Å². The van der Waals surface area contributed by atoms with Gasteiger partial charge in [0, 0.05) is 13.1 Å². The SMILES string of the molecule is c1ccc2nc(NN3CCOCC3)cnc2c1. The molecule has 1 aliphatic rings. The molecule has 0 atom stereocenters. The minimum absolute atomic E-state index is 0.758. The van der Waals surface area contributed by atoms with Gasteiger partial charge >= 0.3 is 0 Å². The third kappa shape index (κ3) is 2.35. The van der Waals surface area contributed by atoms with Gasteiger partial charge in [-0.05, 0) is 12.1 Å². The first-order valence-corrected chi connectivity index (χ1v) is 5.73. The topological polar surface area (TPSA) is 50.3 Å². The van der Waals surface area contributed by atoms with Crippen molar-refractivity contribution < 1.29 is 4.74 Å². The van der Waals surface area contributed by atoms with Crippen LogP contribution in [0, 0.1) is 0 Å². The largest absolute Gasteiger partial charge is 0.379 e. The number of aromatic nitrogens is 2. The predicted molar refractivity (Wildman–Crippen MR) is 65.6 cm³/mol. The molecule has 5 heteroatoms. The number of hydrogen-bond donors (Lipinski definition) is 1. The van der Waals surface area contributed by atoms with Crippen molar-refractivity contribution in [1.82, 2.24) is 15.0 Å². The van der Waals surface area contributed by atoms with Gasteiger partial charge in [-0.25, -0.2) is 9.99 Å². The van der Waals surface area contributed by atoms with Gasteiger partial charge in [-0.15, -0.1) is 0 Å². The summed E-state index contributed by atoms with van der Waals surface area (Å²) in [7, 11) is 0. The monoisotopic (exact) mass is 230 g/mol. The summed E-state index contributed by atoms with van der Waals surface area (Å²) in [4.78, 5) is 8.88. The molecule has 0 aliphatic carbocycles. The fourth-order valence-corrected chi connectivity index (χ4v) is 1.85. The van der Waals surface area contributed by atoms with Crippen molar-refractivity contribution in [3.63, 3.8) is 0 Å². The van der Waals surface area contributed by atoms with Gasteiger partial charge in [-0.3, -0.25) is 4.98 Å². The van der Waals surface area contributed by atoms with Crippen LogP contribution in [0.15, 0.2) is 30.5 Å². The summed E-state index contributed by atoms with van der Waals surface area (Å²) in [6.45, 7) is 3.25. The maximum Gasteiger partial charge on any atom is 0.159 e. The molecule has 0 spiro atoms. The molecule has 17 heavy (non-hydrogen) atoms.